The van der Waals surface area contributed by atoms with Gasteiger partial charge in [0.15, 0.2) is 0 Å². The molecule has 0 spiro atoms. The van der Waals surface area contributed by atoms with Crippen molar-refractivity contribution in [2.24, 2.45) is 5.92 Å². The van der Waals surface area contributed by atoms with Crippen molar-refractivity contribution in [1.82, 2.24) is 4.90 Å². The minimum atomic E-state index is 0.367. The minimum absolute atomic E-state index is 0.367. The van der Waals surface area contributed by atoms with Crippen LogP contribution in [-0.2, 0) is 4.79 Å². The third kappa shape index (κ3) is 1.77. The zero-order valence-electron chi connectivity index (χ0n) is 8.25. The summed E-state index contributed by atoms with van der Waals surface area (Å²) in [6.07, 6.45) is 6.74. The van der Waals surface area contributed by atoms with E-state index in [0.29, 0.717) is 11.8 Å². The lowest BCUT2D eigenvalue weighted by Gasteiger charge is -2.33. The molecule has 2 aliphatic rings. The summed E-state index contributed by atoms with van der Waals surface area (Å²) in [6.45, 7) is 3.93. The van der Waals surface area contributed by atoms with Gasteiger partial charge < -0.3 is 4.90 Å². The van der Waals surface area contributed by atoms with E-state index in [2.05, 4.69) is 13.0 Å². The van der Waals surface area contributed by atoms with E-state index in [1.54, 1.807) is 0 Å². The second-order valence-corrected chi connectivity index (χ2v) is 4.21. The highest BCUT2D eigenvalue weighted by atomic mass is 16.2. The number of amides is 1. The second kappa shape index (κ2) is 3.52. The summed E-state index contributed by atoms with van der Waals surface area (Å²) in [4.78, 5) is 13.8. The highest BCUT2D eigenvalue weighted by molar-refractivity contribution is 5.79. The van der Waals surface area contributed by atoms with E-state index >= 15 is 0 Å². The first-order valence-corrected chi connectivity index (χ1v) is 5.22. The Bertz CT molecular complexity index is 240. The molecule has 1 aliphatic carbocycles. The Kier molecular flexibility index (Phi) is 2.38. The summed E-state index contributed by atoms with van der Waals surface area (Å²) >= 11 is 0. The number of hydrogen-bond donors (Lipinski definition) is 0. The van der Waals surface area contributed by atoms with Crippen LogP contribution in [-0.4, -0.2) is 23.9 Å². The highest BCUT2D eigenvalue weighted by Gasteiger charge is 2.29. The molecular formula is C11H17NO. The third-order valence-electron chi connectivity index (χ3n) is 3.20. The van der Waals surface area contributed by atoms with E-state index in [-0.39, 0.29) is 0 Å². The van der Waals surface area contributed by atoms with Gasteiger partial charge in [0.25, 0.3) is 0 Å². The Morgan fingerprint density at radius 2 is 2.31 bits per heavy atom. The maximum absolute atomic E-state index is 11.8. The largest absolute Gasteiger partial charge is 0.338 e. The van der Waals surface area contributed by atoms with Gasteiger partial charge in [0.1, 0.15) is 0 Å². The quantitative estimate of drug-likeness (QED) is 0.563. The molecule has 1 aliphatic heterocycles. The molecule has 1 heterocycles. The first-order chi connectivity index (χ1) is 6.27. The monoisotopic (exact) mass is 179 g/mol. The average molecular weight is 179 g/mol. The molecular weight excluding hydrogens is 162 g/mol. The maximum Gasteiger partial charge on any atom is 0.225 e. The Morgan fingerprint density at radius 3 is 2.77 bits per heavy atom. The van der Waals surface area contributed by atoms with Gasteiger partial charge in [-0.25, -0.2) is 0 Å². The highest BCUT2D eigenvalue weighted by Crippen LogP contribution is 2.29. The van der Waals surface area contributed by atoms with Gasteiger partial charge in [0.2, 0.25) is 5.91 Å². The summed E-state index contributed by atoms with van der Waals surface area (Å²) in [5, 5.41) is 0. The van der Waals surface area contributed by atoms with Crippen molar-refractivity contribution in [3.05, 3.63) is 11.6 Å². The van der Waals surface area contributed by atoms with Crippen LogP contribution in [0.15, 0.2) is 11.6 Å². The van der Waals surface area contributed by atoms with E-state index in [4.69, 9.17) is 0 Å². The molecule has 0 aromatic carbocycles. The number of nitrogens with zero attached hydrogens (tertiary/aromatic N) is 1. The van der Waals surface area contributed by atoms with Gasteiger partial charge in [-0.05, 0) is 26.2 Å². The fraction of sp³-hybridized carbons (Fsp3) is 0.727. The number of hydrogen-bond acceptors (Lipinski definition) is 1. The fourth-order valence-electron chi connectivity index (χ4n) is 1.88. The molecule has 0 unspecified atom stereocenters. The number of carbonyl (C=O) groups excluding carboxylic acids is 1. The van der Waals surface area contributed by atoms with Crippen molar-refractivity contribution in [1.29, 1.82) is 0 Å². The maximum atomic E-state index is 11.8. The van der Waals surface area contributed by atoms with Crippen LogP contribution in [0, 0.1) is 5.92 Å². The third-order valence-corrected chi connectivity index (χ3v) is 3.20. The molecule has 0 saturated heterocycles. The lowest BCUT2D eigenvalue weighted by Crippen LogP contribution is -2.41. The molecule has 1 amide bonds. The van der Waals surface area contributed by atoms with Gasteiger partial charge >= 0.3 is 0 Å². The molecule has 0 radical (unpaired) electrons. The first kappa shape index (κ1) is 8.79. The van der Waals surface area contributed by atoms with E-state index < -0.39 is 0 Å². The predicted octanol–water partition coefficient (Wildman–Crippen LogP) is 1.97. The standard InChI is InChI=1S/C11H17NO/c1-9-5-7-12(8-6-9)11(13)10-3-2-4-10/h5,10H,2-4,6-8H2,1H3. The smallest absolute Gasteiger partial charge is 0.225 e. The normalized spacial score (nSPS) is 23.8. The molecule has 0 atom stereocenters. The predicted molar refractivity (Wildman–Crippen MR) is 52.3 cm³/mol. The van der Waals surface area contributed by atoms with Crippen molar-refractivity contribution in [3.8, 4) is 0 Å². The Labute approximate surface area is 79.6 Å². The summed E-state index contributed by atoms with van der Waals surface area (Å²) in [7, 11) is 0. The Hall–Kier alpha value is -0.790. The molecule has 72 valence electrons. The molecule has 1 fully saturated rings. The van der Waals surface area contributed by atoms with E-state index in [0.717, 1.165) is 32.4 Å². The van der Waals surface area contributed by atoms with Crippen LogP contribution in [0.4, 0.5) is 0 Å². The number of rotatable bonds is 1. The van der Waals surface area contributed by atoms with Crippen molar-refractivity contribution >= 4 is 5.91 Å². The Morgan fingerprint density at radius 1 is 1.54 bits per heavy atom. The lowest BCUT2D eigenvalue weighted by atomic mass is 9.84. The van der Waals surface area contributed by atoms with Crippen LogP contribution >= 0.6 is 0 Å². The zero-order chi connectivity index (χ0) is 9.26. The molecule has 2 heteroatoms. The lowest BCUT2D eigenvalue weighted by molar-refractivity contribution is -0.137. The van der Waals surface area contributed by atoms with Crippen molar-refractivity contribution < 1.29 is 4.79 Å². The van der Waals surface area contributed by atoms with Crippen LogP contribution in [0.25, 0.3) is 0 Å². The van der Waals surface area contributed by atoms with E-state index in [1.165, 1.54) is 12.0 Å². The van der Waals surface area contributed by atoms with Gasteiger partial charge in [0, 0.05) is 19.0 Å². The van der Waals surface area contributed by atoms with Crippen molar-refractivity contribution in [3.63, 3.8) is 0 Å². The van der Waals surface area contributed by atoms with Crippen molar-refractivity contribution in [2.75, 3.05) is 13.1 Å². The summed E-state index contributed by atoms with van der Waals surface area (Å²) < 4.78 is 0. The topological polar surface area (TPSA) is 20.3 Å². The first-order valence-electron chi connectivity index (χ1n) is 5.22. The molecule has 2 nitrogen and oxygen atoms in total. The van der Waals surface area contributed by atoms with E-state index in [1.807, 2.05) is 4.90 Å². The summed E-state index contributed by atoms with van der Waals surface area (Å²) in [5.41, 5.74) is 1.43. The zero-order valence-corrected chi connectivity index (χ0v) is 8.25. The van der Waals surface area contributed by atoms with Crippen LogP contribution < -0.4 is 0 Å². The summed E-state index contributed by atoms with van der Waals surface area (Å²) in [5.74, 6) is 0.766. The van der Waals surface area contributed by atoms with E-state index in [9.17, 15) is 4.79 Å². The van der Waals surface area contributed by atoms with Gasteiger partial charge in [0.05, 0.1) is 0 Å². The van der Waals surface area contributed by atoms with Crippen LogP contribution in [0.5, 0.6) is 0 Å². The van der Waals surface area contributed by atoms with Gasteiger partial charge in [-0.15, -0.1) is 0 Å². The van der Waals surface area contributed by atoms with Crippen molar-refractivity contribution in [2.45, 2.75) is 32.6 Å². The minimum Gasteiger partial charge on any atom is -0.338 e. The van der Waals surface area contributed by atoms with Gasteiger partial charge in [-0.3, -0.25) is 4.79 Å². The summed E-state index contributed by atoms with van der Waals surface area (Å²) in [6, 6.07) is 0. The van der Waals surface area contributed by atoms with Crippen LogP contribution in [0.2, 0.25) is 0 Å². The second-order valence-electron chi connectivity index (χ2n) is 4.21. The van der Waals surface area contributed by atoms with Gasteiger partial charge in [-0.2, -0.15) is 0 Å². The molecule has 2 rings (SSSR count). The molecule has 0 aromatic rings. The SMILES string of the molecule is CC1=CCN(C(=O)C2CCC2)CC1. The molecule has 0 aromatic heterocycles. The average Bonchev–Trinajstić information content (AvgIpc) is 2.02. The fourth-order valence-corrected chi connectivity index (χ4v) is 1.88. The van der Waals surface area contributed by atoms with Crippen LogP contribution in [0.1, 0.15) is 32.6 Å². The molecule has 13 heavy (non-hydrogen) atoms. The number of carbonyl (C=O) groups is 1. The molecule has 0 bridgehead atoms. The Balaban J connectivity index is 1.90. The van der Waals surface area contributed by atoms with Crippen LogP contribution in [0.3, 0.4) is 0 Å². The molecule has 0 N–H and O–H groups in total. The molecule has 1 saturated carbocycles. The van der Waals surface area contributed by atoms with Gasteiger partial charge in [-0.1, -0.05) is 18.1 Å².